The Labute approximate surface area is 120 Å². The van der Waals surface area contributed by atoms with Crippen molar-refractivity contribution in [1.29, 1.82) is 0 Å². The Morgan fingerprint density at radius 2 is 2.11 bits per heavy atom. The molecule has 0 amide bonds. The molecule has 1 aromatic rings. The Hall–Kier alpha value is -0.190. The van der Waals surface area contributed by atoms with Crippen molar-refractivity contribution in [1.82, 2.24) is 9.97 Å². The van der Waals surface area contributed by atoms with E-state index in [-0.39, 0.29) is 5.60 Å². The van der Waals surface area contributed by atoms with Gasteiger partial charge in [0, 0.05) is 12.5 Å². The molecule has 5 heteroatoms. The smallest absolute Gasteiger partial charge is 0.162 e. The quantitative estimate of drug-likeness (QED) is 0.762. The lowest BCUT2D eigenvalue weighted by molar-refractivity contribution is -0.0761. The molecule has 2 heterocycles. The van der Waals surface area contributed by atoms with Crippen LogP contribution in [0.3, 0.4) is 0 Å². The third-order valence-corrected chi connectivity index (χ3v) is 5.03. The summed E-state index contributed by atoms with van der Waals surface area (Å²) in [6, 6.07) is 0. The maximum Gasteiger partial charge on any atom is 0.162 e. The Morgan fingerprint density at radius 1 is 1.33 bits per heavy atom. The van der Waals surface area contributed by atoms with Crippen molar-refractivity contribution >= 4 is 27.5 Å². The van der Waals surface area contributed by atoms with Gasteiger partial charge >= 0.3 is 0 Å². The molecule has 1 aromatic heterocycles. The Kier molecular flexibility index (Phi) is 3.37. The fourth-order valence-electron chi connectivity index (χ4n) is 2.41. The average Bonchev–Trinajstić information content (AvgIpc) is 3.17. The molecule has 3 rings (SSSR count). The number of aromatic nitrogens is 2. The van der Waals surface area contributed by atoms with Gasteiger partial charge in [-0.15, -0.1) is 0 Å². The van der Waals surface area contributed by atoms with Gasteiger partial charge in [-0.1, -0.05) is 11.6 Å². The fraction of sp³-hybridized carbons (Fsp3) is 0.692. The van der Waals surface area contributed by atoms with Gasteiger partial charge in [-0.05, 0) is 55.0 Å². The van der Waals surface area contributed by atoms with Gasteiger partial charge in [0.25, 0.3) is 0 Å². The fourth-order valence-corrected chi connectivity index (χ4v) is 3.09. The molecule has 2 aliphatic rings. The number of ether oxygens (including phenoxy) is 1. The third kappa shape index (κ3) is 2.30. The van der Waals surface area contributed by atoms with E-state index >= 15 is 0 Å². The van der Waals surface area contributed by atoms with Gasteiger partial charge in [0.1, 0.15) is 10.8 Å². The molecule has 1 atom stereocenters. The standard InChI is InChI=1S/C13H16BrClN2O/c1-13(6-2-3-7-18-13)12-16-10(8-4-5-8)9(14)11(15)17-12/h8H,2-7H2,1H3. The first-order chi connectivity index (χ1) is 8.60. The lowest BCUT2D eigenvalue weighted by Crippen LogP contribution is -2.32. The van der Waals surface area contributed by atoms with Crippen LogP contribution in [0.15, 0.2) is 4.47 Å². The highest BCUT2D eigenvalue weighted by Gasteiger charge is 2.36. The number of nitrogens with zero attached hydrogens (tertiary/aromatic N) is 2. The normalized spacial score (nSPS) is 28.4. The van der Waals surface area contributed by atoms with Gasteiger partial charge in [0.2, 0.25) is 0 Å². The van der Waals surface area contributed by atoms with E-state index in [1.807, 2.05) is 0 Å². The summed E-state index contributed by atoms with van der Waals surface area (Å²) in [5.41, 5.74) is 0.687. The van der Waals surface area contributed by atoms with Crippen LogP contribution in [0.2, 0.25) is 5.15 Å². The molecule has 1 unspecified atom stereocenters. The average molecular weight is 332 g/mol. The maximum atomic E-state index is 6.22. The molecule has 0 radical (unpaired) electrons. The van der Waals surface area contributed by atoms with Gasteiger partial charge in [0.15, 0.2) is 5.82 Å². The highest BCUT2D eigenvalue weighted by molar-refractivity contribution is 9.10. The first-order valence-electron chi connectivity index (χ1n) is 6.47. The minimum atomic E-state index is -0.369. The summed E-state index contributed by atoms with van der Waals surface area (Å²) < 4.78 is 6.76. The van der Waals surface area contributed by atoms with Crippen LogP contribution in [0.1, 0.15) is 56.5 Å². The van der Waals surface area contributed by atoms with Gasteiger partial charge in [0.05, 0.1) is 10.2 Å². The molecule has 0 spiro atoms. The molecule has 0 N–H and O–H groups in total. The SMILES string of the molecule is CC1(c2nc(Cl)c(Br)c(C3CC3)n2)CCCCO1. The molecule has 18 heavy (non-hydrogen) atoms. The number of rotatable bonds is 2. The summed E-state index contributed by atoms with van der Waals surface area (Å²) in [7, 11) is 0. The maximum absolute atomic E-state index is 6.22. The Morgan fingerprint density at radius 3 is 2.72 bits per heavy atom. The van der Waals surface area contributed by atoms with E-state index in [0.29, 0.717) is 11.1 Å². The molecular weight excluding hydrogens is 316 g/mol. The Balaban J connectivity index is 2.01. The third-order valence-electron chi connectivity index (χ3n) is 3.74. The summed E-state index contributed by atoms with van der Waals surface area (Å²) in [6.45, 7) is 2.86. The summed E-state index contributed by atoms with van der Waals surface area (Å²) in [6.07, 6.45) is 5.64. The summed E-state index contributed by atoms with van der Waals surface area (Å²) >= 11 is 9.72. The first-order valence-corrected chi connectivity index (χ1v) is 7.64. The van der Waals surface area contributed by atoms with Crippen LogP contribution in [0, 0.1) is 0 Å². The van der Waals surface area contributed by atoms with Gasteiger partial charge in [-0.2, -0.15) is 0 Å². The van der Waals surface area contributed by atoms with Crippen LogP contribution >= 0.6 is 27.5 Å². The van der Waals surface area contributed by atoms with E-state index in [2.05, 4.69) is 27.8 Å². The topological polar surface area (TPSA) is 35.0 Å². The monoisotopic (exact) mass is 330 g/mol. The van der Waals surface area contributed by atoms with Crippen molar-refractivity contribution in [3.63, 3.8) is 0 Å². The minimum absolute atomic E-state index is 0.369. The van der Waals surface area contributed by atoms with Crippen molar-refractivity contribution in [3.8, 4) is 0 Å². The van der Waals surface area contributed by atoms with Crippen molar-refractivity contribution in [2.24, 2.45) is 0 Å². The molecule has 1 aliphatic heterocycles. The second-order valence-corrected chi connectivity index (χ2v) is 6.50. The van der Waals surface area contributed by atoms with Gasteiger partial charge < -0.3 is 4.74 Å². The summed E-state index contributed by atoms with van der Waals surface area (Å²) in [5, 5.41) is 0.511. The number of halogens is 2. The molecule has 1 saturated carbocycles. The van der Waals surface area contributed by atoms with E-state index in [9.17, 15) is 0 Å². The Bertz CT molecular complexity index is 470. The molecule has 3 nitrogen and oxygen atoms in total. The van der Waals surface area contributed by atoms with E-state index in [1.54, 1.807) is 0 Å². The van der Waals surface area contributed by atoms with E-state index in [4.69, 9.17) is 21.3 Å². The van der Waals surface area contributed by atoms with E-state index in [1.165, 1.54) is 12.8 Å². The summed E-state index contributed by atoms with van der Waals surface area (Å²) in [5.74, 6) is 1.29. The van der Waals surface area contributed by atoms with Crippen LogP contribution in [0.4, 0.5) is 0 Å². The van der Waals surface area contributed by atoms with Crippen molar-refractivity contribution < 1.29 is 4.74 Å². The number of hydrogen-bond acceptors (Lipinski definition) is 3. The molecule has 1 aliphatic carbocycles. The largest absolute Gasteiger partial charge is 0.367 e. The van der Waals surface area contributed by atoms with Crippen LogP contribution < -0.4 is 0 Å². The van der Waals surface area contributed by atoms with Crippen LogP contribution in [0.5, 0.6) is 0 Å². The van der Waals surface area contributed by atoms with Crippen molar-refractivity contribution in [3.05, 3.63) is 21.1 Å². The van der Waals surface area contributed by atoms with Crippen LogP contribution in [-0.2, 0) is 10.3 Å². The lowest BCUT2D eigenvalue weighted by atomic mass is 9.95. The van der Waals surface area contributed by atoms with Gasteiger partial charge in [-0.25, -0.2) is 9.97 Å². The highest BCUT2D eigenvalue weighted by Crippen LogP contribution is 2.45. The van der Waals surface area contributed by atoms with E-state index < -0.39 is 0 Å². The number of hydrogen-bond donors (Lipinski definition) is 0. The molecule has 0 aromatic carbocycles. The predicted molar refractivity (Wildman–Crippen MR) is 73.9 cm³/mol. The van der Waals surface area contributed by atoms with Crippen LogP contribution in [0.25, 0.3) is 0 Å². The molecule has 0 bridgehead atoms. The molecule has 2 fully saturated rings. The highest BCUT2D eigenvalue weighted by atomic mass is 79.9. The van der Waals surface area contributed by atoms with Crippen LogP contribution in [-0.4, -0.2) is 16.6 Å². The first kappa shape index (κ1) is 12.8. The van der Waals surface area contributed by atoms with Crippen molar-refractivity contribution in [2.75, 3.05) is 6.61 Å². The van der Waals surface area contributed by atoms with E-state index in [0.717, 1.165) is 41.9 Å². The predicted octanol–water partition coefficient (Wildman–Crippen LogP) is 4.19. The lowest BCUT2D eigenvalue weighted by Gasteiger charge is -2.32. The summed E-state index contributed by atoms with van der Waals surface area (Å²) in [4.78, 5) is 9.14. The second kappa shape index (κ2) is 4.73. The molecular formula is C13H16BrClN2O. The minimum Gasteiger partial charge on any atom is -0.367 e. The zero-order chi connectivity index (χ0) is 12.8. The van der Waals surface area contributed by atoms with Gasteiger partial charge in [-0.3, -0.25) is 0 Å². The van der Waals surface area contributed by atoms with Crippen molar-refractivity contribution in [2.45, 2.75) is 50.5 Å². The zero-order valence-electron chi connectivity index (χ0n) is 10.4. The zero-order valence-corrected chi connectivity index (χ0v) is 12.7. The second-order valence-electron chi connectivity index (χ2n) is 5.35. The molecule has 1 saturated heterocycles. The molecule has 98 valence electrons.